The third-order valence-electron chi connectivity index (χ3n) is 4.02. The second-order valence-corrected chi connectivity index (χ2v) is 5.78. The Kier molecular flexibility index (Phi) is 4.23. The Hall–Kier alpha value is -3.78. The number of anilines is 2. The third-order valence-corrected chi connectivity index (χ3v) is 4.02. The molecule has 0 aliphatic heterocycles. The van der Waals surface area contributed by atoms with Crippen LogP contribution in [0.2, 0.25) is 0 Å². The second-order valence-electron chi connectivity index (χ2n) is 5.78. The van der Waals surface area contributed by atoms with Crippen LogP contribution in [-0.4, -0.2) is 9.61 Å². The van der Waals surface area contributed by atoms with Crippen LogP contribution in [0.4, 0.5) is 11.4 Å². The molecular weight excluding hydrogens is 324 g/mol. The topological polar surface area (TPSA) is 62.4 Å². The first-order valence-electron chi connectivity index (χ1n) is 8.26. The maximum Gasteiger partial charge on any atom is 0.127 e. The van der Waals surface area contributed by atoms with Crippen molar-refractivity contribution in [2.45, 2.75) is 6.42 Å². The fourth-order valence-electron chi connectivity index (χ4n) is 2.77. The molecule has 0 aliphatic carbocycles. The second kappa shape index (κ2) is 6.99. The summed E-state index contributed by atoms with van der Waals surface area (Å²) in [5.74, 6) is 1.56. The van der Waals surface area contributed by atoms with Crippen LogP contribution in [0.1, 0.15) is 5.56 Å². The molecule has 1 N–H and O–H groups in total. The van der Waals surface area contributed by atoms with Gasteiger partial charge in [0.25, 0.3) is 0 Å². The van der Waals surface area contributed by atoms with E-state index in [1.165, 1.54) is 0 Å². The van der Waals surface area contributed by atoms with E-state index in [1.54, 1.807) is 10.7 Å². The lowest BCUT2D eigenvalue weighted by Crippen LogP contribution is -2.01. The minimum atomic E-state index is 0.298. The predicted molar refractivity (Wildman–Crippen MR) is 101 cm³/mol. The average molecular weight is 340 g/mol. The van der Waals surface area contributed by atoms with Gasteiger partial charge in [0.1, 0.15) is 11.5 Å². The van der Waals surface area contributed by atoms with E-state index >= 15 is 0 Å². The van der Waals surface area contributed by atoms with E-state index in [0.29, 0.717) is 6.42 Å². The molecule has 0 unspecified atom stereocenters. The number of nitrogens with zero attached hydrogens (tertiary/aromatic N) is 3. The van der Waals surface area contributed by atoms with Gasteiger partial charge in [-0.1, -0.05) is 18.2 Å². The molecule has 0 atom stereocenters. The summed E-state index contributed by atoms with van der Waals surface area (Å²) in [6.07, 6.45) is 3.91. The normalized spacial score (nSPS) is 10.4. The Bertz CT molecular complexity index is 1060. The van der Waals surface area contributed by atoms with Gasteiger partial charge >= 0.3 is 0 Å². The molecule has 0 radical (unpaired) electrons. The van der Waals surface area contributed by atoms with Crippen LogP contribution in [0.25, 0.3) is 5.52 Å². The zero-order valence-electron chi connectivity index (χ0n) is 14.0. The highest BCUT2D eigenvalue weighted by Crippen LogP contribution is 2.28. The van der Waals surface area contributed by atoms with Gasteiger partial charge in [-0.25, -0.2) is 4.52 Å². The van der Waals surface area contributed by atoms with Crippen LogP contribution < -0.4 is 10.1 Å². The number of fused-ring (bicyclic) bond motifs is 1. The first-order chi connectivity index (χ1) is 12.8. The van der Waals surface area contributed by atoms with E-state index in [0.717, 1.165) is 34.0 Å². The minimum Gasteiger partial charge on any atom is -0.457 e. The van der Waals surface area contributed by atoms with Crippen LogP contribution in [-0.2, 0) is 6.42 Å². The number of nitrogens with one attached hydrogen (secondary N) is 1. The maximum absolute atomic E-state index is 9.08. The molecule has 126 valence electrons. The first kappa shape index (κ1) is 15.7. The summed E-state index contributed by atoms with van der Waals surface area (Å²) in [6.45, 7) is 0. The van der Waals surface area contributed by atoms with Gasteiger partial charge in [-0.3, -0.25) is 0 Å². The molecule has 0 fully saturated rings. The lowest BCUT2D eigenvalue weighted by atomic mass is 10.1. The summed E-state index contributed by atoms with van der Waals surface area (Å²) in [5, 5.41) is 16.8. The lowest BCUT2D eigenvalue weighted by Gasteiger charge is -2.13. The summed E-state index contributed by atoms with van der Waals surface area (Å²) in [5.41, 5.74) is 3.60. The summed E-state index contributed by atoms with van der Waals surface area (Å²) < 4.78 is 7.61. The van der Waals surface area contributed by atoms with E-state index in [4.69, 9.17) is 10.00 Å². The first-order valence-corrected chi connectivity index (χ1v) is 8.26. The predicted octanol–water partition coefficient (Wildman–Crippen LogP) is 4.94. The Morgan fingerprint density at radius 3 is 2.50 bits per heavy atom. The molecule has 2 aromatic heterocycles. The van der Waals surface area contributed by atoms with Crippen molar-refractivity contribution in [3.05, 3.63) is 84.7 Å². The highest BCUT2D eigenvalue weighted by molar-refractivity contribution is 5.80. The number of benzene rings is 2. The van der Waals surface area contributed by atoms with Gasteiger partial charge in [0.05, 0.1) is 29.9 Å². The zero-order valence-corrected chi connectivity index (χ0v) is 14.0. The Morgan fingerprint density at radius 2 is 1.73 bits per heavy atom. The summed E-state index contributed by atoms with van der Waals surface area (Å²) in [4.78, 5) is 0. The van der Waals surface area contributed by atoms with E-state index in [9.17, 15) is 0 Å². The van der Waals surface area contributed by atoms with E-state index < -0.39 is 0 Å². The van der Waals surface area contributed by atoms with Crippen LogP contribution >= 0.6 is 0 Å². The number of aromatic nitrogens is 2. The zero-order chi connectivity index (χ0) is 17.8. The number of hydrogen-bond donors (Lipinski definition) is 1. The summed E-state index contributed by atoms with van der Waals surface area (Å²) >= 11 is 0. The van der Waals surface area contributed by atoms with E-state index in [-0.39, 0.29) is 0 Å². The fourth-order valence-corrected chi connectivity index (χ4v) is 2.77. The van der Waals surface area contributed by atoms with E-state index in [2.05, 4.69) is 16.5 Å². The van der Waals surface area contributed by atoms with Gasteiger partial charge in [-0.2, -0.15) is 10.4 Å². The molecule has 5 nitrogen and oxygen atoms in total. The van der Waals surface area contributed by atoms with Gasteiger partial charge in [0.2, 0.25) is 0 Å². The monoisotopic (exact) mass is 340 g/mol. The quantitative estimate of drug-likeness (QED) is 0.559. The molecule has 5 heteroatoms. The third kappa shape index (κ3) is 3.21. The Morgan fingerprint density at radius 1 is 0.962 bits per heavy atom. The molecule has 2 aromatic carbocycles. The largest absolute Gasteiger partial charge is 0.457 e. The van der Waals surface area contributed by atoms with Crippen molar-refractivity contribution in [3.8, 4) is 17.6 Å². The molecule has 4 rings (SSSR count). The number of para-hydroxylation sites is 1. The number of nitriles is 1. The smallest absolute Gasteiger partial charge is 0.127 e. The molecule has 2 heterocycles. The van der Waals surface area contributed by atoms with Gasteiger partial charge in [0.15, 0.2) is 0 Å². The van der Waals surface area contributed by atoms with Crippen molar-refractivity contribution in [1.82, 2.24) is 9.61 Å². The van der Waals surface area contributed by atoms with Crippen LogP contribution in [0.3, 0.4) is 0 Å². The van der Waals surface area contributed by atoms with Crippen molar-refractivity contribution in [2.75, 3.05) is 5.32 Å². The summed E-state index contributed by atoms with van der Waals surface area (Å²) in [7, 11) is 0. The van der Waals surface area contributed by atoms with Crippen LogP contribution in [0.15, 0.2) is 79.1 Å². The van der Waals surface area contributed by atoms with Crippen molar-refractivity contribution in [3.63, 3.8) is 0 Å². The standard InChI is InChI=1S/C21H16N4O/c22-13-12-16-15-23-25-14-4-7-20(25)21(16)24-17-8-10-19(11-9-17)26-18-5-2-1-3-6-18/h1-11,14-15,24H,12H2. The number of ether oxygens (including phenoxy) is 1. The van der Waals surface area contributed by atoms with Crippen molar-refractivity contribution in [2.24, 2.45) is 0 Å². The molecule has 0 aliphatic rings. The fraction of sp³-hybridized carbons (Fsp3) is 0.0476. The molecular formula is C21H16N4O. The van der Waals surface area contributed by atoms with Crippen molar-refractivity contribution in [1.29, 1.82) is 5.26 Å². The highest BCUT2D eigenvalue weighted by atomic mass is 16.5. The van der Waals surface area contributed by atoms with Gasteiger partial charge in [-0.05, 0) is 48.5 Å². The molecule has 0 bridgehead atoms. The van der Waals surface area contributed by atoms with E-state index in [1.807, 2.05) is 72.9 Å². The Balaban J connectivity index is 1.60. The highest BCUT2D eigenvalue weighted by Gasteiger charge is 2.09. The molecule has 4 aromatic rings. The molecule has 0 amide bonds. The number of hydrogen-bond acceptors (Lipinski definition) is 4. The minimum absolute atomic E-state index is 0.298. The van der Waals surface area contributed by atoms with Crippen LogP contribution in [0.5, 0.6) is 11.5 Å². The van der Waals surface area contributed by atoms with Gasteiger partial charge in [0, 0.05) is 17.4 Å². The van der Waals surface area contributed by atoms with Gasteiger partial charge in [-0.15, -0.1) is 0 Å². The molecule has 0 spiro atoms. The Labute approximate surface area is 151 Å². The van der Waals surface area contributed by atoms with Crippen LogP contribution in [0, 0.1) is 11.3 Å². The summed E-state index contributed by atoms with van der Waals surface area (Å²) in [6, 6.07) is 23.5. The average Bonchev–Trinajstić information content (AvgIpc) is 3.15. The maximum atomic E-state index is 9.08. The lowest BCUT2D eigenvalue weighted by molar-refractivity contribution is 0.483. The molecule has 26 heavy (non-hydrogen) atoms. The van der Waals surface area contributed by atoms with Crippen molar-refractivity contribution < 1.29 is 4.74 Å². The molecule has 0 saturated heterocycles. The van der Waals surface area contributed by atoms with Gasteiger partial charge < -0.3 is 10.1 Å². The SMILES string of the molecule is N#CCc1cnn2cccc2c1Nc1ccc(Oc2ccccc2)cc1. The number of rotatable bonds is 5. The van der Waals surface area contributed by atoms with Crippen molar-refractivity contribution >= 4 is 16.9 Å². The molecule has 0 saturated carbocycles.